The highest BCUT2D eigenvalue weighted by Crippen LogP contribution is 2.15. The summed E-state index contributed by atoms with van der Waals surface area (Å²) in [7, 11) is 2.11. The molecule has 0 aromatic carbocycles. The van der Waals surface area contributed by atoms with Crippen molar-refractivity contribution in [3.63, 3.8) is 0 Å². The van der Waals surface area contributed by atoms with E-state index in [0.717, 1.165) is 6.61 Å². The van der Waals surface area contributed by atoms with Crippen LogP contribution in [0.25, 0.3) is 0 Å². The number of hydrogen-bond donors (Lipinski definition) is 0. The van der Waals surface area contributed by atoms with Gasteiger partial charge in [0, 0.05) is 18.4 Å². The van der Waals surface area contributed by atoms with Crippen molar-refractivity contribution in [1.82, 2.24) is 14.9 Å². The van der Waals surface area contributed by atoms with Crippen molar-refractivity contribution < 1.29 is 4.74 Å². The Morgan fingerprint density at radius 1 is 1.62 bits per heavy atom. The SMILES string of the molecule is CN1CC[C@H]1COc1cnccn1. The largest absolute Gasteiger partial charge is 0.475 e. The lowest BCUT2D eigenvalue weighted by molar-refractivity contribution is 0.0749. The quantitative estimate of drug-likeness (QED) is 0.679. The third kappa shape index (κ3) is 1.95. The normalized spacial score (nSPS) is 22.4. The van der Waals surface area contributed by atoms with E-state index in [9.17, 15) is 0 Å². The van der Waals surface area contributed by atoms with E-state index in [1.807, 2.05) is 0 Å². The van der Waals surface area contributed by atoms with Crippen molar-refractivity contribution in [2.45, 2.75) is 12.5 Å². The smallest absolute Gasteiger partial charge is 0.232 e. The van der Waals surface area contributed by atoms with Gasteiger partial charge in [0.05, 0.1) is 6.20 Å². The van der Waals surface area contributed by atoms with E-state index in [1.54, 1.807) is 18.6 Å². The zero-order chi connectivity index (χ0) is 9.10. The van der Waals surface area contributed by atoms with E-state index in [0.29, 0.717) is 11.9 Å². The van der Waals surface area contributed by atoms with Crippen LogP contribution in [-0.4, -0.2) is 41.1 Å². The minimum atomic E-state index is 0.557. The Bertz CT molecular complexity index is 265. The number of likely N-dealkylation sites (N-methyl/N-ethyl adjacent to an activating group) is 1. The maximum atomic E-state index is 5.47. The average Bonchev–Trinajstić information content (AvgIpc) is 2.17. The van der Waals surface area contributed by atoms with E-state index in [2.05, 4.69) is 21.9 Å². The van der Waals surface area contributed by atoms with Gasteiger partial charge in [0.2, 0.25) is 5.88 Å². The lowest BCUT2D eigenvalue weighted by Crippen LogP contribution is -2.48. The summed E-state index contributed by atoms with van der Waals surface area (Å²) < 4.78 is 5.47. The molecule has 2 rings (SSSR count). The summed E-state index contributed by atoms with van der Waals surface area (Å²) in [6, 6.07) is 0.557. The second kappa shape index (κ2) is 3.70. The molecule has 0 amide bonds. The molecule has 0 radical (unpaired) electrons. The Hall–Kier alpha value is -1.16. The topological polar surface area (TPSA) is 38.2 Å². The predicted octanol–water partition coefficient (Wildman–Crippen LogP) is 0.559. The summed E-state index contributed by atoms with van der Waals surface area (Å²) in [5.41, 5.74) is 0. The van der Waals surface area contributed by atoms with Crippen LogP contribution in [0.1, 0.15) is 6.42 Å². The van der Waals surface area contributed by atoms with Gasteiger partial charge < -0.3 is 4.74 Å². The molecule has 0 N–H and O–H groups in total. The van der Waals surface area contributed by atoms with Crippen molar-refractivity contribution in [2.75, 3.05) is 20.2 Å². The predicted molar refractivity (Wildman–Crippen MR) is 48.6 cm³/mol. The van der Waals surface area contributed by atoms with Crippen LogP contribution in [0, 0.1) is 0 Å². The number of likely N-dealkylation sites (tertiary alicyclic amines) is 1. The van der Waals surface area contributed by atoms with Crippen LogP contribution in [-0.2, 0) is 0 Å². The highest BCUT2D eigenvalue weighted by atomic mass is 16.5. The van der Waals surface area contributed by atoms with Gasteiger partial charge >= 0.3 is 0 Å². The fourth-order valence-corrected chi connectivity index (χ4v) is 1.32. The standard InChI is InChI=1S/C9H13N3O/c1-12-5-2-8(12)7-13-9-6-10-3-4-11-9/h3-4,6,8H,2,5,7H2,1H3/t8-/m0/s1. The zero-order valence-corrected chi connectivity index (χ0v) is 7.68. The fourth-order valence-electron chi connectivity index (χ4n) is 1.32. The van der Waals surface area contributed by atoms with Gasteiger partial charge in [0.1, 0.15) is 6.61 Å². The van der Waals surface area contributed by atoms with Gasteiger partial charge in [-0.05, 0) is 20.0 Å². The van der Waals surface area contributed by atoms with Crippen LogP contribution in [0.15, 0.2) is 18.6 Å². The highest BCUT2D eigenvalue weighted by Gasteiger charge is 2.24. The van der Waals surface area contributed by atoms with E-state index < -0.39 is 0 Å². The molecular formula is C9H13N3O. The molecule has 1 aliphatic rings. The van der Waals surface area contributed by atoms with Gasteiger partial charge in [0.15, 0.2) is 0 Å². The summed E-state index contributed by atoms with van der Waals surface area (Å²) in [6.45, 7) is 1.89. The van der Waals surface area contributed by atoms with Crippen LogP contribution in [0.2, 0.25) is 0 Å². The number of aromatic nitrogens is 2. The van der Waals surface area contributed by atoms with Crippen molar-refractivity contribution in [1.29, 1.82) is 0 Å². The maximum absolute atomic E-state index is 5.47. The molecular weight excluding hydrogens is 166 g/mol. The number of hydrogen-bond acceptors (Lipinski definition) is 4. The summed E-state index contributed by atoms with van der Waals surface area (Å²) >= 11 is 0. The first-order valence-corrected chi connectivity index (χ1v) is 4.45. The van der Waals surface area contributed by atoms with E-state index in [4.69, 9.17) is 4.74 Å². The number of nitrogens with zero attached hydrogens (tertiary/aromatic N) is 3. The molecule has 1 saturated heterocycles. The first-order valence-electron chi connectivity index (χ1n) is 4.45. The molecule has 1 aliphatic heterocycles. The third-order valence-electron chi connectivity index (χ3n) is 2.40. The molecule has 0 spiro atoms. The number of ether oxygens (including phenoxy) is 1. The lowest BCUT2D eigenvalue weighted by atomic mass is 10.1. The number of rotatable bonds is 3. The second-order valence-corrected chi connectivity index (χ2v) is 3.28. The molecule has 70 valence electrons. The maximum Gasteiger partial charge on any atom is 0.232 e. The monoisotopic (exact) mass is 179 g/mol. The first kappa shape index (κ1) is 8.44. The second-order valence-electron chi connectivity index (χ2n) is 3.28. The molecule has 0 saturated carbocycles. The van der Waals surface area contributed by atoms with Gasteiger partial charge in [0.25, 0.3) is 0 Å². The molecule has 0 bridgehead atoms. The molecule has 0 aliphatic carbocycles. The van der Waals surface area contributed by atoms with Gasteiger partial charge in [-0.15, -0.1) is 0 Å². The van der Waals surface area contributed by atoms with Crippen LogP contribution >= 0.6 is 0 Å². The minimum Gasteiger partial charge on any atom is -0.475 e. The Labute approximate surface area is 77.6 Å². The molecule has 0 unspecified atom stereocenters. The van der Waals surface area contributed by atoms with Gasteiger partial charge in [-0.25, -0.2) is 4.98 Å². The zero-order valence-electron chi connectivity index (χ0n) is 7.68. The molecule has 1 aromatic heterocycles. The van der Waals surface area contributed by atoms with Crippen LogP contribution in [0.3, 0.4) is 0 Å². The van der Waals surface area contributed by atoms with Gasteiger partial charge in [-0.2, -0.15) is 0 Å². The van der Waals surface area contributed by atoms with Gasteiger partial charge in [-0.1, -0.05) is 0 Å². The van der Waals surface area contributed by atoms with E-state index in [1.165, 1.54) is 13.0 Å². The van der Waals surface area contributed by atoms with Gasteiger partial charge in [-0.3, -0.25) is 9.88 Å². The Balaban J connectivity index is 1.80. The van der Waals surface area contributed by atoms with Crippen LogP contribution in [0.5, 0.6) is 5.88 Å². The summed E-state index contributed by atoms with van der Waals surface area (Å²) in [5, 5.41) is 0. The molecule has 1 fully saturated rings. The summed E-state index contributed by atoms with van der Waals surface area (Å²) in [4.78, 5) is 10.2. The van der Waals surface area contributed by atoms with Crippen LogP contribution < -0.4 is 4.74 Å². The van der Waals surface area contributed by atoms with Crippen molar-refractivity contribution in [2.24, 2.45) is 0 Å². The molecule has 4 nitrogen and oxygen atoms in total. The fraction of sp³-hybridized carbons (Fsp3) is 0.556. The Kier molecular flexibility index (Phi) is 2.40. The van der Waals surface area contributed by atoms with Crippen molar-refractivity contribution in [3.8, 4) is 5.88 Å². The molecule has 1 atom stereocenters. The van der Waals surface area contributed by atoms with Crippen molar-refractivity contribution in [3.05, 3.63) is 18.6 Å². The summed E-state index contributed by atoms with van der Waals surface area (Å²) in [5.74, 6) is 0.614. The highest BCUT2D eigenvalue weighted by molar-refractivity contribution is 5.01. The minimum absolute atomic E-state index is 0.557. The van der Waals surface area contributed by atoms with E-state index in [-0.39, 0.29) is 0 Å². The Morgan fingerprint density at radius 3 is 3.08 bits per heavy atom. The molecule has 2 heterocycles. The van der Waals surface area contributed by atoms with E-state index >= 15 is 0 Å². The van der Waals surface area contributed by atoms with Crippen molar-refractivity contribution >= 4 is 0 Å². The first-order chi connectivity index (χ1) is 6.36. The molecule has 4 heteroatoms. The summed E-state index contributed by atoms with van der Waals surface area (Å²) in [6.07, 6.45) is 6.14. The molecule has 13 heavy (non-hydrogen) atoms. The average molecular weight is 179 g/mol. The third-order valence-corrected chi connectivity index (χ3v) is 2.40. The van der Waals surface area contributed by atoms with Crippen LogP contribution in [0.4, 0.5) is 0 Å². The Morgan fingerprint density at radius 2 is 2.54 bits per heavy atom. The molecule has 1 aromatic rings. The lowest BCUT2D eigenvalue weighted by Gasteiger charge is -2.37.